The lowest BCUT2D eigenvalue weighted by molar-refractivity contribution is -0.326. The third kappa shape index (κ3) is 41.2. The zero-order chi connectivity index (χ0) is 61.6. The first-order valence-electron chi connectivity index (χ1n) is 30.5. The minimum atomic E-state index is -3.28. The Morgan fingerprint density at radius 2 is 0.728 bits per heavy atom. The summed E-state index contributed by atoms with van der Waals surface area (Å²) in [6.07, 6.45) is 13.4. The van der Waals surface area contributed by atoms with E-state index in [2.05, 4.69) is 23.3 Å². The Morgan fingerprint density at radius 1 is 0.395 bits per heavy atom. The van der Waals surface area contributed by atoms with E-state index >= 15 is 0 Å². The van der Waals surface area contributed by atoms with Gasteiger partial charge in [0.25, 0.3) is 6.29 Å². The van der Waals surface area contributed by atoms with Gasteiger partial charge in [0.05, 0.1) is 6.10 Å². The number of unbranched alkanes of at least 4 members (excludes halogenated alkanes) is 22. The highest BCUT2D eigenvalue weighted by atomic mass is 16.7. The maximum absolute atomic E-state index is 12.8. The topological polar surface area (TPSA) is 359 Å². The number of carbonyl (C=O) groups excluding carboxylic acids is 7. The standard InChI is InChI=1S/C33H58O12.C27H52O9/c1-6-7-8-9-10-11-12-13-14-15-16-17-20-28(42-24(2)34)21-18-19-22-29(43-25(3)35)23-30(38)31(39)33(41,45-27(5)37)32(40)44-26(4)36;1-2-3-15-20(29)16-11-10-13-18-22(31)24(33)26(35)27(36)25(34)23(32)21(30)17-12-8-6-4-5-7-9-14-19-28/h28-29,31-32,39-41H,6-23H2,1-5H3;20-22,25-31,34-36H,2-19H2,1H3. The molecule has 0 aromatic heterocycles. The van der Waals surface area contributed by atoms with Crippen LogP contribution in [-0.4, -0.2) is 166 Å². The number of rotatable bonds is 52. The Labute approximate surface area is 483 Å². The zero-order valence-corrected chi connectivity index (χ0v) is 50.2. The molecule has 0 aliphatic heterocycles. The van der Waals surface area contributed by atoms with Crippen LogP contribution < -0.4 is 0 Å². The first-order chi connectivity index (χ1) is 38.4. The molecule has 476 valence electrons. The lowest BCUT2D eigenvalue weighted by Gasteiger charge is -2.34. The molecule has 0 aromatic carbocycles. The number of hydrogen-bond acceptors (Lipinski definition) is 21. The van der Waals surface area contributed by atoms with E-state index in [1.807, 2.05) is 0 Å². The van der Waals surface area contributed by atoms with Crippen molar-refractivity contribution in [1.29, 1.82) is 0 Å². The molecule has 0 fully saturated rings. The SMILES string of the molecule is CCCCC(O)CCCCCC(O)C(=O)C(O)C(O)C(O)C(=O)C(O)CCCCCCCCCCO.CCCCCCCCCCCCCCC(CCCCC(CC(=O)C(O)C(O)(OC(C)=O)C(O)OC(C)=O)OC(C)=O)OC(C)=O. The van der Waals surface area contributed by atoms with Crippen molar-refractivity contribution >= 4 is 41.2 Å². The molecule has 0 saturated heterocycles. The average molecular weight is 1170 g/mol. The van der Waals surface area contributed by atoms with Gasteiger partial charge in [0, 0.05) is 40.7 Å². The molecule has 0 saturated carbocycles. The van der Waals surface area contributed by atoms with E-state index in [4.69, 9.17) is 14.6 Å². The van der Waals surface area contributed by atoms with Crippen molar-refractivity contribution in [2.75, 3.05) is 6.61 Å². The number of hydrogen-bond donors (Lipinski definition) is 10. The lowest BCUT2D eigenvalue weighted by Crippen LogP contribution is -2.59. The predicted molar refractivity (Wildman–Crippen MR) is 303 cm³/mol. The number of ether oxygens (including phenoxy) is 4. The smallest absolute Gasteiger partial charge is 0.307 e. The molecule has 21 nitrogen and oxygen atoms in total. The first-order valence-corrected chi connectivity index (χ1v) is 30.5. The normalized spacial score (nSPS) is 15.9. The second-order valence-corrected chi connectivity index (χ2v) is 21.8. The Balaban J connectivity index is 0. The van der Waals surface area contributed by atoms with Crippen molar-refractivity contribution in [3.8, 4) is 0 Å². The number of ketones is 3. The van der Waals surface area contributed by atoms with Crippen LogP contribution in [0.25, 0.3) is 0 Å². The van der Waals surface area contributed by atoms with Crippen molar-refractivity contribution < 1.29 is 104 Å². The van der Waals surface area contributed by atoms with Crippen LogP contribution in [0.1, 0.15) is 266 Å². The molecular formula is C60H110O21. The molecular weight excluding hydrogens is 1060 g/mol. The van der Waals surface area contributed by atoms with E-state index in [1.165, 1.54) is 64.7 Å². The van der Waals surface area contributed by atoms with E-state index in [1.54, 1.807) is 0 Å². The number of aliphatic hydroxyl groups excluding tert-OH is 9. The highest BCUT2D eigenvalue weighted by molar-refractivity contribution is 5.91. The molecule has 11 atom stereocenters. The third-order valence-electron chi connectivity index (χ3n) is 14.1. The fraction of sp³-hybridized carbons (Fsp3) is 0.883. The molecule has 0 heterocycles. The van der Waals surface area contributed by atoms with E-state index in [0.29, 0.717) is 44.9 Å². The van der Waals surface area contributed by atoms with Crippen molar-refractivity contribution in [3.05, 3.63) is 0 Å². The predicted octanol–water partition coefficient (Wildman–Crippen LogP) is 6.89. The molecule has 0 aliphatic rings. The van der Waals surface area contributed by atoms with Crippen LogP contribution in [0, 0.1) is 0 Å². The quantitative estimate of drug-likeness (QED) is 0.0128. The van der Waals surface area contributed by atoms with Crippen LogP contribution >= 0.6 is 0 Å². The van der Waals surface area contributed by atoms with Crippen molar-refractivity contribution in [3.63, 3.8) is 0 Å². The van der Waals surface area contributed by atoms with Crippen LogP contribution in [0.15, 0.2) is 0 Å². The van der Waals surface area contributed by atoms with E-state index in [-0.39, 0.29) is 44.0 Å². The minimum Gasteiger partial charge on any atom is -0.463 e. The Kier molecular flexibility index (Phi) is 49.0. The summed E-state index contributed by atoms with van der Waals surface area (Å²) in [5.74, 6) is -9.81. The molecule has 0 amide bonds. The molecule has 11 unspecified atom stereocenters. The summed E-state index contributed by atoms with van der Waals surface area (Å²) in [6, 6.07) is 0. The third-order valence-corrected chi connectivity index (χ3v) is 14.1. The number of Topliss-reactive ketones (excluding diaryl/α,β-unsaturated/α-hetero) is 3. The van der Waals surface area contributed by atoms with Gasteiger partial charge < -0.3 is 70.0 Å². The first kappa shape index (κ1) is 79.6. The van der Waals surface area contributed by atoms with E-state index in [9.17, 15) is 79.5 Å². The molecule has 21 heteroatoms. The van der Waals surface area contributed by atoms with E-state index in [0.717, 1.165) is 117 Å². The molecule has 0 bridgehead atoms. The van der Waals surface area contributed by atoms with Crippen LogP contribution in [0.4, 0.5) is 0 Å². The maximum Gasteiger partial charge on any atom is 0.307 e. The number of aliphatic hydroxyl groups is 10. The summed E-state index contributed by atoms with van der Waals surface area (Å²) in [5, 5.41) is 100.0. The van der Waals surface area contributed by atoms with Gasteiger partial charge in [-0.05, 0) is 70.6 Å². The van der Waals surface area contributed by atoms with Crippen LogP contribution in [0.2, 0.25) is 0 Å². The molecule has 10 N–H and O–H groups in total. The molecule has 81 heavy (non-hydrogen) atoms. The van der Waals surface area contributed by atoms with Gasteiger partial charge in [0.2, 0.25) is 0 Å². The van der Waals surface area contributed by atoms with E-state index < -0.39 is 96.5 Å². The Hall–Kier alpha value is -3.51. The lowest BCUT2D eigenvalue weighted by atomic mass is 9.93. The van der Waals surface area contributed by atoms with Gasteiger partial charge in [-0.1, -0.05) is 162 Å². The Bertz CT molecular complexity index is 1660. The summed E-state index contributed by atoms with van der Waals surface area (Å²) < 4.78 is 19.7. The second kappa shape index (κ2) is 49.9. The zero-order valence-electron chi connectivity index (χ0n) is 50.2. The highest BCUT2D eigenvalue weighted by Crippen LogP contribution is 2.25. The van der Waals surface area contributed by atoms with Crippen LogP contribution in [0.3, 0.4) is 0 Å². The molecule has 0 rings (SSSR count). The number of esters is 4. The maximum atomic E-state index is 12.8. The summed E-state index contributed by atoms with van der Waals surface area (Å²) in [7, 11) is 0. The average Bonchev–Trinajstić information content (AvgIpc) is 3.42. The molecule has 0 spiro atoms. The van der Waals surface area contributed by atoms with Crippen molar-refractivity contribution in [2.45, 2.75) is 333 Å². The van der Waals surface area contributed by atoms with Gasteiger partial charge >= 0.3 is 29.7 Å². The van der Waals surface area contributed by atoms with Crippen LogP contribution in [-0.2, 0) is 52.5 Å². The van der Waals surface area contributed by atoms with Gasteiger partial charge in [-0.2, -0.15) is 0 Å². The summed E-state index contributed by atoms with van der Waals surface area (Å²) >= 11 is 0. The molecule has 0 aromatic rings. The minimum absolute atomic E-state index is 0.0573. The summed E-state index contributed by atoms with van der Waals surface area (Å²) in [6.45, 7) is 8.77. The summed E-state index contributed by atoms with van der Waals surface area (Å²) in [5.41, 5.74) is 0. The fourth-order valence-electron chi connectivity index (χ4n) is 9.35. The van der Waals surface area contributed by atoms with Crippen molar-refractivity contribution in [1.82, 2.24) is 0 Å². The summed E-state index contributed by atoms with van der Waals surface area (Å²) in [4.78, 5) is 83.2. The van der Waals surface area contributed by atoms with Gasteiger partial charge in [-0.15, -0.1) is 0 Å². The largest absolute Gasteiger partial charge is 0.463 e. The fourth-order valence-corrected chi connectivity index (χ4v) is 9.35. The molecule has 0 radical (unpaired) electrons. The second-order valence-electron chi connectivity index (χ2n) is 21.8. The highest BCUT2D eigenvalue weighted by Gasteiger charge is 2.52. The van der Waals surface area contributed by atoms with Gasteiger partial charge in [0.1, 0.15) is 42.7 Å². The monoisotopic (exact) mass is 1170 g/mol. The Morgan fingerprint density at radius 3 is 1.14 bits per heavy atom. The van der Waals surface area contributed by atoms with Gasteiger partial charge in [-0.25, -0.2) is 0 Å². The van der Waals surface area contributed by atoms with Crippen molar-refractivity contribution in [2.24, 2.45) is 0 Å². The number of carbonyl (C=O) groups is 7. The van der Waals surface area contributed by atoms with Gasteiger partial charge in [0.15, 0.2) is 23.5 Å². The van der Waals surface area contributed by atoms with Gasteiger partial charge in [-0.3, -0.25) is 33.6 Å². The molecule has 0 aliphatic carbocycles. The van der Waals surface area contributed by atoms with Crippen LogP contribution in [0.5, 0.6) is 0 Å².